The van der Waals surface area contributed by atoms with Crippen LogP contribution in [0.3, 0.4) is 0 Å². The highest BCUT2D eigenvalue weighted by atomic mass is 14.8. The van der Waals surface area contributed by atoms with E-state index < -0.39 is 0 Å². The van der Waals surface area contributed by atoms with Gasteiger partial charge in [-0.1, -0.05) is 52.2 Å². The Morgan fingerprint density at radius 3 is 2.33 bits per heavy atom. The van der Waals surface area contributed by atoms with Gasteiger partial charge in [-0.05, 0) is 72.0 Å². The molecule has 0 N–H and O–H groups in total. The van der Waals surface area contributed by atoms with E-state index in [2.05, 4.69) is 35.0 Å². The highest BCUT2D eigenvalue weighted by Crippen LogP contribution is 2.82. The third-order valence-electron chi connectivity index (χ3n) is 9.63. The van der Waals surface area contributed by atoms with Crippen molar-refractivity contribution in [3.63, 3.8) is 0 Å². The van der Waals surface area contributed by atoms with E-state index in [1.165, 1.54) is 19.3 Å². The minimum absolute atomic E-state index is 0.814. The molecule has 6 rings (SSSR count). The lowest BCUT2D eigenvalue weighted by Crippen LogP contribution is -2.35. The summed E-state index contributed by atoms with van der Waals surface area (Å²) < 4.78 is 0. The zero-order valence-corrected chi connectivity index (χ0v) is 14.4. The van der Waals surface area contributed by atoms with E-state index >= 15 is 0 Å². The molecule has 0 aromatic rings. The number of rotatable bonds is 2. The minimum Gasteiger partial charge on any atom is -0.0658 e. The third kappa shape index (κ3) is 1.60. The SMILES string of the molecule is CC1C([B]C2C[C@@H]3CC(C[C@H]2C)C3C)CC2CC3C1C23C. The molecule has 1 heteroatoms. The van der Waals surface area contributed by atoms with E-state index in [1.54, 1.807) is 12.8 Å². The molecule has 9 unspecified atom stereocenters. The largest absolute Gasteiger partial charge is 0.118 e. The molecule has 6 aliphatic rings. The second kappa shape index (κ2) is 4.12. The Morgan fingerprint density at radius 2 is 1.57 bits per heavy atom. The zero-order valence-electron chi connectivity index (χ0n) is 14.4. The topological polar surface area (TPSA) is 0 Å². The standard InChI is InChI=1S/C20H32B/c1-10-5-13-6-14(11(13)2)7-17(10)21-18-9-15-8-16-19(12(18)3)20(15,16)4/h10-19H,5-9H2,1-4H3/t10-,11?,12?,13?,14+,15?,16?,17?,18?,19?,20?/m1/s1. The van der Waals surface area contributed by atoms with Gasteiger partial charge in [-0.2, -0.15) is 0 Å². The summed E-state index contributed by atoms with van der Waals surface area (Å²) >= 11 is 0. The van der Waals surface area contributed by atoms with Crippen LogP contribution in [0.2, 0.25) is 11.6 Å². The molecule has 0 aromatic heterocycles. The molecule has 0 heterocycles. The van der Waals surface area contributed by atoms with Gasteiger partial charge in [0.1, 0.15) is 7.28 Å². The summed E-state index contributed by atoms with van der Waals surface area (Å²) in [4.78, 5) is 0. The van der Waals surface area contributed by atoms with Crippen LogP contribution in [0.15, 0.2) is 0 Å². The first-order valence-corrected chi connectivity index (χ1v) is 9.85. The Balaban J connectivity index is 1.29. The van der Waals surface area contributed by atoms with Crippen molar-refractivity contribution in [2.75, 3.05) is 0 Å². The molecule has 6 aliphatic carbocycles. The smallest absolute Gasteiger partial charge is 0.0658 e. The predicted molar refractivity (Wildman–Crippen MR) is 89.4 cm³/mol. The van der Waals surface area contributed by atoms with Crippen molar-refractivity contribution in [3.05, 3.63) is 0 Å². The fourth-order valence-corrected chi connectivity index (χ4v) is 7.83. The van der Waals surface area contributed by atoms with Crippen molar-refractivity contribution in [1.29, 1.82) is 0 Å². The number of hydrogen-bond acceptors (Lipinski definition) is 0. The molecule has 0 aromatic carbocycles. The van der Waals surface area contributed by atoms with Crippen LogP contribution in [-0.2, 0) is 0 Å². The van der Waals surface area contributed by atoms with Crippen LogP contribution >= 0.6 is 0 Å². The van der Waals surface area contributed by atoms with Gasteiger partial charge in [0.2, 0.25) is 0 Å². The Morgan fingerprint density at radius 1 is 0.810 bits per heavy atom. The molecule has 1 radical (unpaired) electrons. The average molecular weight is 283 g/mol. The van der Waals surface area contributed by atoms with Crippen LogP contribution in [-0.4, -0.2) is 7.28 Å². The second-order valence-electron chi connectivity index (χ2n) is 10.1. The van der Waals surface area contributed by atoms with Crippen LogP contribution in [0.5, 0.6) is 0 Å². The van der Waals surface area contributed by atoms with E-state index in [9.17, 15) is 0 Å². The Bertz CT molecular complexity index is 457. The molecule has 2 bridgehead atoms. The van der Waals surface area contributed by atoms with Crippen molar-refractivity contribution in [2.24, 2.45) is 52.8 Å². The van der Waals surface area contributed by atoms with Gasteiger partial charge in [0, 0.05) is 0 Å². The first-order valence-electron chi connectivity index (χ1n) is 9.85. The zero-order chi connectivity index (χ0) is 14.5. The lowest BCUT2D eigenvalue weighted by Gasteiger charge is -2.43. The van der Waals surface area contributed by atoms with Crippen molar-refractivity contribution in [3.8, 4) is 0 Å². The molecule has 115 valence electrons. The summed E-state index contributed by atoms with van der Waals surface area (Å²) in [6.45, 7) is 10.3. The van der Waals surface area contributed by atoms with Gasteiger partial charge >= 0.3 is 0 Å². The van der Waals surface area contributed by atoms with E-state index in [1.807, 2.05) is 0 Å². The van der Waals surface area contributed by atoms with Gasteiger partial charge in [0.05, 0.1) is 0 Å². The lowest BCUT2D eigenvalue weighted by molar-refractivity contribution is 0.0905. The van der Waals surface area contributed by atoms with E-state index in [0.717, 1.165) is 64.4 Å². The van der Waals surface area contributed by atoms with Crippen molar-refractivity contribution in [1.82, 2.24) is 0 Å². The first-order chi connectivity index (χ1) is 10.00. The maximum atomic E-state index is 2.90. The Hall–Kier alpha value is 0.0649. The third-order valence-corrected chi connectivity index (χ3v) is 9.63. The van der Waals surface area contributed by atoms with Gasteiger partial charge in [0.15, 0.2) is 0 Å². The van der Waals surface area contributed by atoms with Crippen molar-refractivity contribution >= 4 is 7.28 Å². The molecular formula is C20H32B. The summed E-state index contributed by atoms with van der Waals surface area (Å²) in [5.74, 6) is 10.4. The molecule has 0 amide bonds. The molecule has 11 atom stereocenters. The number of hydrogen-bond donors (Lipinski definition) is 0. The minimum atomic E-state index is 0.814. The van der Waals surface area contributed by atoms with Gasteiger partial charge in [-0.3, -0.25) is 0 Å². The highest BCUT2D eigenvalue weighted by molar-refractivity contribution is 6.40. The van der Waals surface area contributed by atoms with Crippen LogP contribution in [0.4, 0.5) is 0 Å². The maximum absolute atomic E-state index is 2.90. The Kier molecular flexibility index (Phi) is 2.65. The molecule has 0 nitrogen and oxygen atoms in total. The number of fused-ring (bicyclic) bond motifs is 4. The van der Waals surface area contributed by atoms with Gasteiger partial charge in [-0.25, -0.2) is 0 Å². The summed E-state index contributed by atoms with van der Waals surface area (Å²) in [7, 11) is 2.90. The van der Waals surface area contributed by atoms with Crippen LogP contribution < -0.4 is 0 Å². The van der Waals surface area contributed by atoms with Crippen LogP contribution in [0.25, 0.3) is 0 Å². The monoisotopic (exact) mass is 283 g/mol. The summed E-state index contributed by atoms with van der Waals surface area (Å²) in [5, 5.41) is 0. The fourth-order valence-electron chi connectivity index (χ4n) is 7.83. The first kappa shape index (κ1) is 13.5. The average Bonchev–Trinajstić information content (AvgIpc) is 3.08. The van der Waals surface area contributed by atoms with E-state index in [4.69, 9.17) is 0 Å². The normalized spacial score (nSPS) is 67.2. The maximum Gasteiger partial charge on any atom is 0.118 e. The van der Waals surface area contributed by atoms with E-state index in [-0.39, 0.29) is 0 Å². The van der Waals surface area contributed by atoms with Gasteiger partial charge in [-0.15, -0.1) is 0 Å². The van der Waals surface area contributed by atoms with Crippen molar-refractivity contribution in [2.45, 2.75) is 71.4 Å². The molecule has 21 heavy (non-hydrogen) atoms. The molecule has 0 spiro atoms. The molecular weight excluding hydrogens is 251 g/mol. The van der Waals surface area contributed by atoms with Crippen LogP contribution in [0, 0.1) is 52.8 Å². The summed E-state index contributed by atoms with van der Waals surface area (Å²) in [6, 6.07) is 0. The second-order valence-corrected chi connectivity index (χ2v) is 10.1. The molecule has 0 saturated heterocycles. The Labute approximate surface area is 132 Å². The lowest BCUT2D eigenvalue weighted by atomic mass is 9.43. The van der Waals surface area contributed by atoms with Gasteiger partial charge < -0.3 is 0 Å². The fraction of sp³-hybridized carbons (Fsp3) is 1.00. The summed E-state index contributed by atoms with van der Waals surface area (Å²) in [5.41, 5.74) is 0.814. The molecule has 6 fully saturated rings. The van der Waals surface area contributed by atoms with Crippen LogP contribution in [0.1, 0.15) is 59.8 Å². The van der Waals surface area contributed by atoms with E-state index in [0.29, 0.717) is 0 Å². The van der Waals surface area contributed by atoms with Crippen molar-refractivity contribution < 1.29 is 0 Å². The van der Waals surface area contributed by atoms with Gasteiger partial charge in [0.25, 0.3) is 0 Å². The quantitative estimate of drug-likeness (QED) is 0.605. The molecule has 6 saturated carbocycles. The molecule has 0 aliphatic heterocycles. The predicted octanol–water partition coefficient (Wildman–Crippen LogP) is 5.28. The highest BCUT2D eigenvalue weighted by Gasteiger charge is 2.76. The summed E-state index contributed by atoms with van der Waals surface area (Å²) in [6.07, 6.45) is 7.72.